The van der Waals surface area contributed by atoms with Crippen LogP contribution in [0.5, 0.6) is 0 Å². The molecule has 6 heteroatoms. The highest BCUT2D eigenvalue weighted by Gasteiger charge is 2.27. The molecule has 1 aromatic heterocycles. The van der Waals surface area contributed by atoms with Crippen LogP contribution in [0.3, 0.4) is 0 Å². The number of rotatable bonds is 7. The number of carbonyl (C=O) groups is 2. The molecule has 2 amide bonds. The number of hydrogen-bond acceptors (Lipinski definition) is 3. The average molecular weight is 368 g/mol. The minimum Gasteiger partial charge on any atom is -0.349 e. The second-order valence-corrected chi connectivity index (χ2v) is 7.45. The smallest absolute Gasteiger partial charge is 0.287 e. The summed E-state index contributed by atoms with van der Waals surface area (Å²) >= 11 is 0. The van der Waals surface area contributed by atoms with Gasteiger partial charge < -0.3 is 15.2 Å². The zero-order valence-electron chi connectivity index (χ0n) is 16.1. The van der Waals surface area contributed by atoms with Crippen LogP contribution in [0.4, 0.5) is 0 Å². The predicted octanol–water partition coefficient (Wildman–Crippen LogP) is 2.93. The summed E-state index contributed by atoms with van der Waals surface area (Å²) in [7, 11) is 0. The number of nitrogens with one attached hydrogen (secondary N) is 2. The summed E-state index contributed by atoms with van der Waals surface area (Å²) in [6.07, 6.45) is 3.71. The van der Waals surface area contributed by atoms with Gasteiger partial charge in [-0.25, -0.2) is 4.98 Å². The van der Waals surface area contributed by atoms with Gasteiger partial charge in [-0.15, -0.1) is 0 Å². The molecule has 0 aliphatic carbocycles. The molecule has 0 saturated heterocycles. The lowest BCUT2D eigenvalue weighted by Crippen LogP contribution is -2.29. The number of fused-ring (bicyclic) bond motifs is 1. The first-order valence-electron chi connectivity index (χ1n) is 9.76. The standard InChI is InChI=1S/C21H28N4O2/c1-15(2)11-12-22-21(27)19-24-18(17-10-6-7-13-25(17)19)20(26)23-14-16-8-4-3-5-9-16/h3-5,8-9,15H,6-7,10-14H2,1-2H3,(H,22,27)(H,23,26). The lowest BCUT2D eigenvalue weighted by molar-refractivity contribution is 0.0936. The largest absolute Gasteiger partial charge is 0.349 e. The third-order valence-corrected chi connectivity index (χ3v) is 4.84. The van der Waals surface area contributed by atoms with Gasteiger partial charge in [0.2, 0.25) is 0 Å². The van der Waals surface area contributed by atoms with E-state index in [0.717, 1.165) is 43.5 Å². The summed E-state index contributed by atoms with van der Waals surface area (Å²) in [5, 5.41) is 5.87. The van der Waals surface area contributed by atoms with Crippen molar-refractivity contribution in [3.05, 3.63) is 53.1 Å². The van der Waals surface area contributed by atoms with Gasteiger partial charge in [0, 0.05) is 19.6 Å². The number of imidazole rings is 1. The van der Waals surface area contributed by atoms with Gasteiger partial charge in [0.1, 0.15) is 5.69 Å². The first-order valence-corrected chi connectivity index (χ1v) is 9.76. The van der Waals surface area contributed by atoms with Crippen LogP contribution in [-0.4, -0.2) is 27.9 Å². The Kier molecular flexibility index (Phi) is 6.27. The van der Waals surface area contributed by atoms with Gasteiger partial charge >= 0.3 is 0 Å². The molecule has 1 aliphatic rings. The van der Waals surface area contributed by atoms with Crippen molar-refractivity contribution in [2.75, 3.05) is 6.54 Å². The van der Waals surface area contributed by atoms with E-state index in [4.69, 9.17) is 0 Å². The summed E-state index contributed by atoms with van der Waals surface area (Å²) in [5.74, 6) is 0.476. The first kappa shape index (κ1) is 19.1. The molecule has 3 rings (SSSR count). The Labute approximate surface area is 160 Å². The van der Waals surface area contributed by atoms with Crippen molar-refractivity contribution in [3.8, 4) is 0 Å². The summed E-state index contributed by atoms with van der Waals surface area (Å²) in [4.78, 5) is 29.7. The van der Waals surface area contributed by atoms with Crippen molar-refractivity contribution in [1.82, 2.24) is 20.2 Å². The molecule has 27 heavy (non-hydrogen) atoms. The van der Waals surface area contributed by atoms with Crippen molar-refractivity contribution in [1.29, 1.82) is 0 Å². The molecular formula is C21H28N4O2. The predicted molar refractivity (Wildman–Crippen MR) is 105 cm³/mol. The minimum atomic E-state index is -0.217. The summed E-state index contributed by atoms with van der Waals surface area (Å²) < 4.78 is 1.92. The SMILES string of the molecule is CC(C)CCNC(=O)c1nc(C(=O)NCc2ccccc2)c2n1CCCC2. The molecule has 2 N–H and O–H groups in total. The average Bonchev–Trinajstić information content (AvgIpc) is 3.06. The van der Waals surface area contributed by atoms with Crippen molar-refractivity contribution in [2.24, 2.45) is 5.92 Å². The van der Waals surface area contributed by atoms with Gasteiger partial charge in [-0.2, -0.15) is 0 Å². The van der Waals surface area contributed by atoms with Gasteiger partial charge in [-0.05, 0) is 37.2 Å². The van der Waals surface area contributed by atoms with Crippen molar-refractivity contribution in [2.45, 2.75) is 52.6 Å². The normalized spacial score (nSPS) is 13.3. The molecule has 2 aromatic rings. The topological polar surface area (TPSA) is 76.0 Å². The van der Waals surface area contributed by atoms with E-state index in [-0.39, 0.29) is 11.8 Å². The summed E-state index contributed by atoms with van der Waals surface area (Å²) in [6, 6.07) is 9.77. The molecule has 0 bridgehead atoms. The van der Waals surface area contributed by atoms with Crippen LogP contribution in [0.15, 0.2) is 30.3 Å². The fourth-order valence-electron chi connectivity index (χ4n) is 3.31. The fraction of sp³-hybridized carbons (Fsp3) is 0.476. The lowest BCUT2D eigenvalue weighted by atomic mass is 10.1. The molecule has 0 saturated carbocycles. The van der Waals surface area contributed by atoms with E-state index >= 15 is 0 Å². The Morgan fingerprint density at radius 1 is 1.11 bits per heavy atom. The zero-order chi connectivity index (χ0) is 19.2. The second kappa shape index (κ2) is 8.84. The van der Waals surface area contributed by atoms with Crippen LogP contribution in [0.1, 0.15) is 65.5 Å². The lowest BCUT2D eigenvalue weighted by Gasteiger charge is -2.17. The monoisotopic (exact) mass is 368 g/mol. The van der Waals surface area contributed by atoms with Crippen molar-refractivity contribution >= 4 is 11.8 Å². The third kappa shape index (κ3) is 4.76. The van der Waals surface area contributed by atoms with Gasteiger partial charge in [-0.3, -0.25) is 9.59 Å². The van der Waals surface area contributed by atoms with E-state index in [1.807, 2.05) is 34.9 Å². The van der Waals surface area contributed by atoms with E-state index in [2.05, 4.69) is 29.5 Å². The van der Waals surface area contributed by atoms with Crippen LogP contribution in [-0.2, 0) is 19.5 Å². The summed E-state index contributed by atoms with van der Waals surface area (Å²) in [5.41, 5.74) is 2.30. The molecule has 0 fully saturated rings. The van der Waals surface area contributed by atoms with Gasteiger partial charge in [0.05, 0.1) is 5.69 Å². The molecule has 144 valence electrons. The molecule has 0 spiro atoms. The van der Waals surface area contributed by atoms with Crippen LogP contribution in [0.2, 0.25) is 0 Å². The maximum absolute atomic E-state index is 12.7. The number of amides is 2. The number of carbonyl (C=O) groups excluding carboxylic acids is 2. The summed E-state index contributed by atoms with van der Waals surface area (Å²) in [6.45, 7) is 6.05. The van der Waals surface area contributed by atoms with Crippen LogP contribution >= 0.6 is 0 Å². The molecule has 1 aliphatic heterocycles. The highest BCUT2D eigenvalue weighted by atomic mass is 16.2. The quantitative estimate of drug-likeness (QED) is 0.789. The van der Waals surface area contributed by atoms with E-state index < -0.39 is 0 Å². The van der Waals surface area contributed by atoms with Gasteiger partial charge in [-0.1, -0.05) is 44.2 Å². The Morgan fingerprint density at radius 3 is 2.63 bits per heavy atom. The fourth-order valence-corrected chi connectivity index (χ4v) is 3.31. The Balaban J connectivity index is 1.74. The maximum atomic E-state index is 12.7. The number of benzene rings is 1. The van der Waals surface area contributed by atoms with E-state index in [1.165, 1.54) is 0 Å². The number of aromatic nitrogens is 2. The van der Waals surface area contributed by atoms with E-state index in [9.17, 15) is 9.59 Å². The van der Waals surface area contributed by atoms with Crippen LogP contribution in [0, 0.1) is 5.92 Å². The van der Waals surface area contributed by atoms with Crippen molar-refractivity contribution in [3.63, 3.8) is 0 Å². The van der Waals surface area contributed by atoms with Crippen molar-refractivity contribution < 1.29 is 9.59 Å². The number of hydrogen-bond donors (Lipinski definition) is 2. The maximum Gasteiger partial charge on any atom is 0.287 e. The highest BCUT2D eigenvalue weighted by molar-refractivity contribution is 5.97. The first-order chi connectivity index (χ1) is 13.1. The van der Waals surface area contributed by atoms with Gasteiger partial charge in [0.15, 0.2) is 5.82 Å². The molecule has 0 radical (unpaired) electrons. The second-order valence-electron chi connectivity index (χ2n) is 7.45. The Morgan fingerprint density at radius 2 is 1.89 bits per heavy atom. The third-order valence-electron chi connectivity index (χ3n) is 4.84. The molecule has 0 unspecified atom stereocenters. The van der Waals surface area contributed by atoms with E-state index in [0.29, 0.717) is 30.5 Å². The molecule has 1 aromatic carbocycles. The van der Waals surface area contributed by atoms with Gasteiger partial charge in [0.25, 0.3) is 11.8 Å². The number of nitrogens with zero attached hydrogens (tertiary/aromatic N) is 2. The van der Waals surface area contributed by atoms with E-state index in [1.54, 1.807) is 0 Å². The van der Waals surface area contributed by atoms with Crippen LogP contribution < -0.4 is 10.6 Å². The minimum absolute atomic E-state index is 0.194. The van der Waals surface area contributed by atoms with Crippen LogP contribution in [0.25, 0.3) is 0 Å². The Hall–Kier alpha value is -2.63. The molecule has 0 atom stereocenters. The molecular weight excluding hydrogens is 340 g/mol. The zero-order valence-corrected chi connectivity index (χ0v) is 16.1. The highest BCUT2D eigenvalue weighted by Crippen LogP contribution is 2.21. The molecule has 2 heterocycles. The Bertz CT molecular complexity index is 796. The molecule has 6 nitrogen and oxygen atoms in total.